The maximum atomic E-state index is 12.0. The summed E-state index contributed by atoms with van der Waals surface area (Å²) in [6.45, 7) is 1.07. The molecule has 162 valence electrons. The molecule has 0 saturated heterocycles. The lowest BCUT2D eigenvalue weighted by Crippen LogP contribution is -2.33. The van der Waals surface area contributed by atoms with Crippen molar-refractivity contribution < 1.29 is 18.7 Å². The Morgan fingerprint density at radius 2 is 1.77 bits per heavy atom. The minimum absolute atomic E-state index is 0.264. The largest absolute Gasteiger partial charge is 0.493 e. The average molecular weight is 422 g/mol. The van der Waals surface area contributed by atoms with Crippen LogP contribution >= 0.6 is 0 Å². The highest BCUT2D eigenvalue weighted by molar-refractivity contribution is 6.02. The summed E-state index contributed by atoms with van der Waals surface area (Å²) in [5.74, 6) is 1.74. The Hall–Kier alpha value is -3.94. The van der Waals surface area contributed by atoms with Crippen LogP contribution in [-0.2, 0) is 13.0 Å². The molecule has 3 aromatic rings. The molecule has 2 aromatic carbocycles. The molecule has 0 aliphatic heterocycles. The molecule has 1 aromatic heterocycles. The van der Waals surface area contributed by atoms with E-state index in [9.17, 15) is 4.79 Å². The number of methoxy groups -OCH3 is 2. The molecule has 0 aliphatic carbocycles. The Morgan fingerprint density at radius 3 is 2.45 bits per heavy atom. The number of nitrogens with zero attached hydrogens (tertiary/aromatic N) is 1. The van der Waals surface area contributed by atoms with Gasteiger partial charge >= 0.3 is 0 Å². The molecule has 0 radical (unpaired) electrons. The molecule has 3 rings (SSSR count). The molecule has 0 unspecified atom stereocenters. The van der Waals surface area contributed by atoms with E-state index >= 15 is 0 Å². The molecular weight excluding hydrogens is 396 g/mol. The van der Waals surface area contributed by atoms with E-state index in [1.807, 2.05) is 42.5 Å². The summed E-state index contributed by atoms with van der Waals surface area (Å²) in [5, 5.41) is 5.88. The number of anilines is 1. The first-order valence-corrected chi connectivity index (χ1v) is 9.77. The van der Waals surface area contributed by atoms with Gasteiger partial charge in [0, 0.05) is 12.2 Å². The van der Waals surface area contributed by atoms with Gasteiger partial charge in [0.05, 0.1) is 27.0 Å². The zero-order valence-electron chi connectivity index (χ0n) is 17.6. The summed E-state index contributed by atoms with van der Waals surface area (Å²) in [5.41, 5.74) is 8.72. The fourth-order valence-electron chi connectivity index (χ4n) is 2.90. The number of nitrogens with two attached hydrogens (primary N) is 1. The molecule has 1 amide bonds. The van der Waals surface area contributed by atoms with Gasteiger partial charge in [-0.15, -0.1) is 0 Å². The van der Waals surface area contributed by atoms with E-state index in [2.05, 4.69) is 15.6 Å². The second-order valence-corrected chi connectivity index (χ2v) is 6.70. The standard InChI is InChI=1S/C23H26N4O4/c1-29-19-10-7-16(14-21(19)30-2)11-12-25-23(24)26-15-17-5-8-18(9-6-17)27-22(28)20-4-3-13-31-20/h3-10,13-14H,11-12,15H2,1-2H3,(H,27,28)(H3,24,25,26). The van der Waals surface area contributed by atoms with E-state index in [1.54, 1.807) is 26.4 Å². The van der Waals surface area contributed by atoms with Crippen LogP contribution in [0.3, 0.4) is 0 Å². The van der Waals surface area contributed by atoms with Crippen molar-refractivity contribution in [2.24, 2.45) is 10.7 Å². The van der Waals surface area contributed by atoms with Gasteiger partial charge in [-0.1, -0.05) is 18.2 Å². The van der Waals surface area contributed by atoms with E-state index in [-0.39, 0.29) is 11.7 Å². The van der Waals surface area contributed by atoms with Crippen LogP contribution in [0.5, 0.6) is 11.5 Å². The number of furan rings is 1. The molecule has 4 N–H and O–H groups in total. The third-order valence-electron chi connectivity index (χ3n) is 4.56. The minimum Gasteiger partial charge on any atom is -0.493 e. The zero-order chi connectivity index (χ0) is 22.1. The molecule has 0 spiro atoms. The molecule has 8 heteroatoms. The lowest BCUT2D eigenvalue weighted by atomic mass is 10.1. The second kappa shape index (κ2) is 10.7. The molecule has 0 atom stereocenters. The number of guanidine groups is 1. The number of carbonyl (C=O) groups is 1. The van der Waals surface area contributed by atoms with E-state index in [0.29, 0.717) is 36.2 Å². The minimum atomic E-state index is -0.293. The maximum Gasteiger partial charge on any atom is 0.291 e. The summed E-state index contributed by atoms with van der Waals surface area (Å²) in [4.78, 5) is 16.3. The van der Waals surface area contributed by atoms with Crippen LogP contribution in [0.15, 0.2) is 70.3 Å². The number of rotatable bonds is 9. The number of hydrogen-bond donors (Lipinski definition) is 3. The van der Waals surface area contributed by atoms with Crippen molar-refractivity contribution in [3.63, 3.8) is 0 Å². The lowest BCUT2D eigenvalue weighted by molar-refractivity contribution is 0.0996. The van der Waals surface area contributed by atoms with Crippen molar-refractivity contribution in [1.82, 2.24) is 5.32 Å². The van der Waals surface area contributed by atoms with E-state index in [4.69, 9.17) is 19.6 Å². The highest BCUT2D eigenvalue weighted by Crippen LogP contribution is 2.27. The molecule has 8 nitrogen and oxygen atoms in total. The lowest BCUT2D eigenvalue weighted by Gasteiger charge is -2.10. The highest BCUT2D eigenvalue weighted by atomic mass is 16.5. The van der Waals surface area contributed by atoms with Gasteiger partial charge in [-0.2, -0.15) is 0 Å². The smallest absolute Gasteiger partial charge is 0.291 e. The fraction of sp³-hybridized carbons (Fsp3) is 0.217. The van der Waals surface area contributed by atoms with Crippen LogP contribution in [0.25, 0.3) is 0 Å². The Morgan fingerprint density at radius 1 is 1.03 bits per heavy atom. The predicted molar refractivity (Wildman–Crippen MR) is 120 cm³/mol. The summed E-state index contributed by atoms with van der Waals surface area (Å²) >= 11 is 0. The van der Waals surface area contributed by atoms with Gasteiger partial charge in [0.1, 0.15) is 0 Å². The van der Waals surface area contributed by atoms with E-state index < -0.39 is 0 Å². The summed E-state index contributed by atoms with van der Waals surface area (Å²) in [6, 6.07) is 16.5. The molecule has 0 saturated carbocycles. The fourth-order valence-corrected chi connectivity index (χ4v) is 2.90. The Kier molecular flexibility index (Phi) is 7.53. The van der Waals surface area contributed by atoms with Gasteiger partial charge in [-0.05, 0) is 53.9 Å². The Labute approximate surface area is 181 Å². The van der Waals surface area contributed by atoms with E-state index in [0.717, 1.165) is 17.5 Å². The van der Waals surface area contributed by atoms with Gasteiger partial charge < -0.3 is 30.3 Å². The third-order valence-corrected chi connectivity index (χ3v) is 4.56. The highest BCUT2D eigenvalue weighted by Gasteiger charge is 2.08. The summed E-state index contributed by atoms with van der Waals surface area (Å²) in [6.07, 6.45) is 2.23. The van der Waals surface area contributed by atoms with Gasteiger partial charge in [0.15, 0.2) is 23.2 Å². The van der Waals surface area contributed by atoms with Crippen molar-refractivity contribution in [3.8, 4) is 11.5 Å². The van der Waals surface area contributed by atoms with Gasteiger partial charge in [-0.25, -0.2) is 4.99 Å². The first-order valence-electron chi connectivity index (χ1n) is 9.77. The molecule has 0 aliphatic rings. The van der Waals surface area contributed by atoms with Crippen LogP contribution in [0.4, 0.5) is 5.69 Å². The first kappa shape index (κ1) is 21.8. The van der Waals surface area contributed by atoms with Crippen molar-refractivity contribution in [1.29, 1.82) is 0 Å². The first-order chi connectivity index (χ1) is 15.1. The SMILES string of the molecule is COc1ccc(CCNC(N)=NCc2ccc(NC(=O)c3ccco3)cc2)cc1OC. The number of nitrogens with one attached hydrogen (secondary N) is 2. The molecule has 1 heterocycles. The molecular formula is C23H26N4O4. The average Bonchev–Trinajstić information content (AvgIpc) is 3.34. The van der Waals surface area contributed by atoms with Gasteiger partial charge in [0.2, 0.25) is 0 Å². The topological polar surface area (TPSA) is 111 Å². The van der Waals surface area contributed by atoms with Crippen LogP contribution in [-0.4, -0.2) is 32.6 Å². The van der Waals surface area contributed by atoms with Crippen molar-refractivity contribution in [2.75, 3.05) is 26.1 Å². The number of benzene rings is 2. The van der Waals surface area contributed by atoms with Gasteiger partial charge in [-0.3, -0.25) is 4.79 Å². The van der Waals surface area contributed by atoms with Crippen LogP contribution < -0.4 is 25.8 Å². The molecule has 31 heavy (non-hydrogen) atoms. The quantitative estimate of drug-likeness (QED) is 0.361. The Balaban J connectivity index is 1.45. The normalized spacial score (nSPS) is 11.1. The van der Waals surface area contributed by atoms with Crippen LogP contribution in [0.1, 0.15) is 21.7 Å². The number of ether oxygens (including phenoxy) is 2. The number of carbonyl (C=O) groups excluding carboxylic acids is 1. The number of aliphatic imine (C=N–C) groups is 1. The maximum absolute atomic E-state index is 12.0. The van der Waals surface area contributed by atoms with Crippen molar-refractivity contribution in [2.45, 2.75) is 13.0 Å². The van der Waals surface area contributed by atoms with Crippen LogP contribution in [0.2, 0.25) is 0 Å². The van der Waals surface area contributed by atoms with E-state index in [1.165, 1.54) is 6.26 Å². The molecule has 0 fully saturated rings. The summed E-state index contributed by atoms with van der Waals surface area (Å²) in [7, 11) is 3.23. The predicted octanol–water partition coefficient (Wildman–Crippen LogP) is 3.20. The third kappa shape index (κ3) is 6.27. The number of hydrogen-bond acceptors (Lipinski definition) is 5. The van der Waals surface area contributed by atoms with Crippen LogP contribution in [0, 0.1) is 0 Å². The monoisotopic (exact) mass is 422 g/mol. The van der Waals surface area contributed by atoms with Gasteiger partial charge in [0.25, 0.3) is 5.91 Å². The zero-order valence-corrected chi connectivity index (χ0v) is 17.6. The van der Waals surface area contributed by atoms with Crippen molar-refractivity contribution in [3.05, 3.63) is 77.7 Å². The van der Waals surface area contributed by atoms with Crippen molar-refractivity contribution >= 4 is 17.6 Å². The summed E-state index contributed by atoms with van der Waals surface area (Å²) < 4.78 is 15.6. The number of amides is 1. The Bertz CT molecular complexity index is 1010. The molecule has 0 bridgehead atoms. The second-order valence-electron chi connectivity index (χ2n) is 6.70.